The number of para-hydroxylation sites is 2. The Bertz CT molecular complexity index is 718. The number of carbonyl (C=O) groups excluding carboxylic acids is 1. The van der Waals surface area contributed by atoms with Crippen molar-refractivity contribution in [3.63, 3.8) is 0 Å². The Balaban J connectivity index is 0.000000260. The third-order valence-corrected chi connectivity index (χ3v) is 3.05. The third kappa shape index (κ3) is 7.92. The Morgan fingerprint density at radius 1 is 1.12 bits per heavy atom. The molecule has 0 spiro atoms. The number of anilines is 4. The Morgan fingerprint density at radius 2 is 1.81 bits per heavy atom. The van der Waals surface area contributed by atoms with Crippen molar-refractivity contribution in [1.29, 1.82) is 0 Å². The average Bonchev–Trinajstić information content (AvgIpc) is 2.60. The zero-order valence-electron chi connectivity index (χ0n) is 13.7. The molecule has 11 nitrogen and oxygen atoms in total. The second-order valence-corrected chi connectivity index (χ2v) is 5.37. The first kappa shape index (κ1) is 21.4. The summed E-state index contributed by atoms with van der Waals surface area (Å²) in [5, 5.41) is 2.45. The maximum absolute atomic E-state index is 10.8. The van der Waals surface area contributed by atoms with Crippen LogP contribution < -0.4 is 33.0 Å². The molecule has 0 aliphatic rings. The summed E-state index contributed by atoms with van der Waals surface area (Å²) in [5.74, 6) is 0.674. The summed E-state index contributed by atoms with van der Waals surface area (Å²) in [6.45, 7) is -0.321. The van der Waals surface area contributed by atoms with Crippen LogP contribution in [0, 0.1) is 0 Å². The van der Waals surface area contributed by atoms with Crippen molar-refractivity contribution in [2.75, 3.05) is 35.9 Å². The summed E-state index contributed by atoms with van der Waals surface area (Å²) in [5.41, 5.74) is 22.3. The molecule has 0 unspecified atom stereocenters. The highest BCUT2D eigenvalue weighted by Gasteiger charge is 2.02. The summed E-state index contributed by atoms with van der Waals surface area (Å²) < 4.78 is 9.40. The minimum absolute atomic E-state index is 0.0913. The number of pyridine rings is 1. The highest BCUT2D eigenvalue weighted by atomic mass is 31.2. The second kappa shape index (κ2) is 11.0. The summed E-state index contributed by atoms with van der Waals surface area (Å²) in [6, 6.07) is 9.99. The van der Waals surface area contributed by atoms with Crippen LogP contribution >= 0.6 is 8.60 Å². The van der Waals surface area contributed by atoms with E-state index in [0.717, 1.165) is 0 Å². The molecule has 0 radical (unpaired) electrons. The van der Waals surface area contributed by atoms with Crippen LogP contribution in [0.25, 0.3) is 0 Å². The van der Waals surface area contributed by atoms with Gasteiger partial charge in [-0.15, -0.1) is 0 Å². The van der Waals surface area contributed by atoms with Crippen LogP contribution in [0.1, 0.15) is 0 Å². The molecule has 0 aliphatic carbocycles. The molecule has 0 saturated carbocycles. The lowest BCUT2D eigenvalue weighted by Gasteiger charge is -2.08. The first-order valence-corrected chi connectivity index (χ1v) is 8.30. The van der Waals surface area contributed by atoms with Crippen LogP contribution in [0.15, 0.2) is 36.4 Å². The van der Waals surface area contributed by atoms with E-state index in [-0.39, 0.29) is 25.1 Å². The van der Waals surface area contributed by atoms with E-state index >= 15 is 0 Å². The molecule has 142 valence electrons. The van der Waals surface area contributed by atoms with Crippen molar-refractivity contribution in [2.45, 2.75) is 0 Å². The molecule has 0 atom stereocenters. The number of nitrogens with two attached hydrogens (primary N) is 4. The zero-order chi connectivity index (χ0) is 19.5. The van der Waals surface area contributed by atoms with Gasteiger partial charge in [-0.25, -0.2) is 4.98 Å². The largest absolute Gasteiger partial charge is 0.465 e. The lowest BCUT2D eigenvalue weighted by atomic mass is 10.3. The van der Waals surface area contributed by atoms with Crippen LogP contribution in [0.4, 0.5) is 23.0 Å². The highest BCUT2D eigenvalue weighted by molar-refractivity contribution is 7.39. The number of nitrogens with zero attached hydrogens (tertiary/aromatic N) is 1. The summed E-state index contributed by atoms with van der Waals surface area (Å²) in [6.07, 6.45) is 0. The number of nitrogen functional groups attached to an aromatic ring is 3. The lowest BCUT2D eigenvalue weighted by molar-refractivity contribution is -0.114. The quantitative estimate of drug-likeness (QED) is 0.201. The molecule has 11 N–H and O–H groups in total. The van der Waals surface area contributed by atoms with Gasteiger partial charge in [-0.3, -0.25) is 9.32 Å². The van der Waals surface area contributed by atoms with Crippen molar-refractivity contribution in [1.82, 2.24) is 4.98 Å². The van der Waals surface area contributed by atoms with E-state index in [1.807, 2.05) is 0 Å². The fraction of sp³-hybridized carbons (Fsp3) is 0.143. The van der Waals surface area contributed by atoms with E-state index in [4.69, 9.17) is 37.5 Å². The van der Waals surface area contributed by atoms with Crippen molar-refractivity contribution in [2.24, 2.45) is 5.73 Å². The molecule has 0 saturated heterocycles. The fourth-order valence-corrected chi connectivity index (χ4v) is 1.65. The standard InChI is InChI=1S/C7H11N5O.C7H10NO4P/c8-3-6(13)11-5-2-1-4(9)7(10)12-5;8-6-3-1-2-4-7(6)11-5-12-13(9)10/h1-2H,3,8-9H2,(H3,10,11,12,13);1-4,9-10H,5,8H2. The molecule has 1 aromatic carbocycles. The van der Waals surface area contributed by atoms with Crippen LogP contribution in [0.5, 0.6) is 5.75 Å². The first-order chi connectivity index (χ1) is 12.3. The molecule has 1 heterocycles. The van der Waals surface area contributed by atoms with Crippen LogP contribution in [0.3, 0.4) is 0 Å². The van der Waals surface area contributed by atoms with Gasteiger partial charge in [-0.05, 0) is 24.3 Å². The highest BCUT2D eigenvalue weighted by Crippen LogP contribution is 2.25. The average molecular weight is 384 g/mol. The SMILES string of the molecule is NCC(=O)Nc1ccc(N)c(N)n1.Nc1ccccc1OCOP(O)O. The van der Waals surface area contributed by atoms with Gasteiger partial charge in [0.2, 0.25) is 5.91 Å². The Labute approximate surface area is 150 Å². The predicted molar refractivity (Wildman–Crippen MR) is 99.5 cm³/mol. The van der Waals surface area contributed by atoms with Gasteiger partial charge in [0.25, 0.3) is 0 Å². The monoisotopic (exact) mass is 384 g/mol. The molecule has 26 heavy (non-hydrogen) atoms. The molecule has 2 rings (SSSR count). The maximum atomic E-state index is 10.8. The third-order valence-electron chi connectivity index (χ3n) is 2.71. The summed E-state index contributed by atoms with van der Waals surface area (Å²) in [7, 11) is -2.37. The smallest absolute Gasteiger partial charge is 0.330 e. The number of benzene rings is 1. The van der Waals surface area contributed by atoms with Gasteiger partial charge in [-0.2, -0.15) is 0 Å². The molecule has 0 fully saturated rings. The second-order valence-electron chi connectivity index (χ2n) is 4.61. The van der Waals surface area contributed by atoms with E-state index in [1.165, 1.54) is 0 Å². The molecule has 1 amide bonds. The van der Waals surface area contributed by atoms with Gasteiger partial charge in [0, 0.05) is 0 Å². The number of amides is 1. The van der Waals surface area contributed by atoms with E-state index in [0.29, 0.717) is 22.9 Å². The first-order valence-electron chi connectivity index (χ1n) is 7.13. The zero-order valence-corrected chi connectivity index (χ0v) is 14.6. The molecule has 0 bridgehead atoms. The van der Waals surface area contributed by atoms with Gasteiger partial charge in [0.15, 0.2) is 6.79 Å². The topological polar surface area (TPSA) is 205 Å². The van der Waals surface area contributed by atoms with Crippen molar-refractivity contribution < 1.29 is 23.8 Å². The normalized spacial score (nSPS) is 10.0. The van der Waals surface area contributed by atoms with Crippen LogP contribution in [-0.4, -0.2) is 34.0 Å². The van der Waals surface area contributed by atoms with Gasteiger partial charge in [0.05, 0.1) is 17.9 Å². The number of aromatic nitrogens is 1. The van der Waals surface area contributed by atoms with E-state index in [2.05, 4.69) is 14.8 Å². The maximum Gasteiger partial charge on any atom is 0.330 e. The van der Waals surface area contributed by atoms with Crippen molar-refractivity contribution in [3.8, 4) is 5.75 Å². The molecule has 0 aliphatic heterocycles. The van der Waals surface area contributed by atoms with Gasteiger partial charge in [0.1, 0.15) is 17.4 Å². The van der Waals surface area contributed by atoms with Crippen molar-refractivity contribution in [3.05, 3.63) is 36.4 Å². The Morgan fingerprint density at radius 3 is 2.38 bits per heavy atom. The number of rotatable bonds is 6. The van der Waals surface area contributed by atoms with Crippen LogP contribution in [-0.2, 0) is 9.32 Å². The summed E-state index contributed by atoms with van der Waals surface area (Å²) in [4.78, 5) is 31.4. The predicted octanol–water partition coefficient (Wildman–Crippen LogP) is -0.0236. The van der Waals surface area contributed by atoms with Gasteiger partial charge < -0.3 is 42.8 Å². The number of carbonyl (C=O) groups is 1. The number of ether oxygens (including phenoxy) is 1. The Hall–Kier alpha value is -2.69. The van der Waals surface area contributed by atoms with Crippen LogP contribution in [0.2, 0.25) is 0 Å². The molecular weight excluding hydrogens is 363 g/mol. The fourth-order valence-electron chi connectivity index (χ4n) is 1.50. The lowest BCUT2D eigenvalue weighted by Crippen LogP contribution is -2.22. The van der Waals surface area contributed by atoms with Crippen molar-refractivity contribution >= 4 is 37.5 Å². The summed E-state index contributed by atoms with van der Waals surface area (Å²) >= 11 is 0. The van der Waals surface area contributed by atoms with Gasteiger partial charge in [-0.1, -0.05) is 12.1 Å². The molecule has 1 aromatic heterocycles. The van der Waals surface area contributed by atoms with E-state index < -0.39 is 8.60 Å². The van der Waals surface area contributed by atoms with E-state index in [1.54, 1.807) is 36.4 Å². The minimum Gasteiger partial charge on any atom is -0.465 e. The number of hydrogen-bond acceptors (Lipinski definition) is 10. The van der Waals surface area contributed by atoms with Gasteiger partial charge >= 0.3 is 8.60 Å². The number of nitrogens with one attached hydrogen (secondary N) is 1. The molecular formula is C14H21N6O5P. The van der Waals surface area contributed by atoms with E-state index in [9.17, 15) is 4.79 Å². The molecule has 12 heteroatoms. The Kier molecular flexibility index (Phi) is 9.06. The minimum atomic E-state index is -2.37. The molecule has 2 aromatic rings. The number of hydrogen-bond donors (Lipinski definition) is 7.